The number of aryl methyl sites for hydroxylation is 1. The van der Waals surface area contributed by atoms with Gasteiger partial charge in [0.25, 0.3) is 8.32 Å². The molecule has 1 heterocycles. The summed E-state index contributed by atoms with van der Waals surface area (Å²) < 4.78 is 20.4. The zero-order valence-electron chi connectivity index (χ0n) is 21.7. The third-order valence-corrected chi connectivity index (χ3v) is 11.2. The molecule has 182 valence electrons. The Morgan fingerprint density at radius 2 is 1.76 bits per heavy atom. The van der Waals surface area contributed by atoms with E-state index in [1.165, 1.54) is 16.7 Å². The molecule has 0 saturated carbocycles. The molecular formula is C27H37N3O3Si. The van der Waals surface area contributed by atoms with Crippen molar-refractivity contribution >= 4 is 19.8 Å². The van der Waals surface area contributed by atoms with Crippen molar-refractivity contribution in [3.8, 4) is 28.5 Å². The molecule has 1 aromatic heterocycles. The highest BCUT2D eigenvalue weighted by Gasteiger charge is 2.40. The van der Waals surface area contributed by atoms with Gasteiger partial charge in [-0.05, 0) is 61.8 Å². The second-order valence-electron chi connectivity index (χ2n) is 10.3. The summed E-state index contributed by atoms with van der Waals surface area (Å²) in [5.74, 6) is 3.37. The molecule has 0 bridgehead atoms. The van der Waals surface area contributed by atoms with Crippen LogP contribution in [0.1, 0.15) is 45.7 Å². The number of anilines is 2. The van der Waals surface area contributed by atoms with Crippen molar-refractivity contribution in [1.82, 2.24) is 9.78 Å². The van der Waals surface area contributed by atoms with Crippen LogP contribution in [0.25, 0.3) is 11.3 Å². The summed E-state index contributed by atoms with van der Waals surface area (Å²) in [6, 6.07) is 12.3. The van der Waals surface area contributed by atoms with Gasteiger partial charge in [-0.25, -0.2) is 0 Å². The summed E-state index contributed by atoms with van der Waals surface area (Å²) >= 11 is 0. The first-order valence-corrected chi connectivity index (χ1v) is 15.0. The lowest BCUT2D eigenvalue weighted by atomic mass is 10.1. The van der Waals surface area contributed by atoms with Crippen LogP contribution < -0.4 is 19.2 Å². The quantitative estimate of drug-likeness (QED) is 0.278. The van der Waals surface area contributed by atoms with Crippen LogP contribution in [-0.4, -0.2) is 31.3 Å². The molecular weight excluding hydrogens is 442 g/mol. The molecule has 4 rings (SSSR count). The van der Waals surface area contributed by atoms with E-state index in [4.69, 9.17) is 19.0 Å². The monoisotopic (exact) mass is 479 g/mol. The lowest BCUT2D eigenvalue weighted by Crippen LogP contribution is -2.44. The highest BCUT2D eigenvalue weighted by Crippen LogP contribution is 2.47. The predicted molar refractivity (Wildman–Crippen MR) is 141 cm³/mol. The highest BCUT2D eigenvalue weighted by molar-refractivity contribution is 6.74. The molecule has 0 atom stereocenters. The minimum absolute atomic E-state index is 0.0975. The Hall–Kier alpha value is -2.93. The van der Waals surface area contributed by atoms with Crippen molar-refractivity contribution in [2.45, 2.75) is 59.2 Å². The van der Waals surface area contributed by atoms with Gasteiger partial charge in [-0.15, -0.1) is 0 Å². The Morgan fingerprint density at radius 3 is 2.44 bits per heavy atom. The molecule has 1 aliphatic carbocycles. The van der Waals surface area contributed by atoms with E-state index in [0.29, 0.717) is 13.2 Å². The van der Waals surface area contributed by atoms with Crippen LogP contribution in [-0.2, 0) is 13.5 Å². The minimum Gasteiger partial charge on any atom is -0.541 e. The highest BCUT2D eigenvalue weighted by atomic mass is 28.4. The second-order valence-corrected chi connectivity index (χ2v) is 15.0. The summed E-state index contributed by atoms with van der Waals surface area (Å²) in [4.78, 5) is 0. The summed E-state index contributed by atoms with van der Waals surface area (Å²) in [7, 11) is -0.0282. The predicted octanol–water partition coefficient (Wildman–Crippen LogP) is 6.92. The maximum Gasteiger partial charge on any atom is 0.250 e. The number of aromatic nitrogens is 2. The largest absolute Gasteiger partial charge is 0.541 e. The number of fused-ring (bicyclic) bond motifs is 3. The lowest BCUT2D eigenvalue weighted by molar-refractivity contribution is 0.325. The molecule has 0 unspecified atom stereocenters. The Labute approximate surface area is 204 Å². The van der Waals surface area contributed by atoms with Crippen LogP contribution in [0.3, 0.4) is 0 Å². The summed E-state index contributed by atoms with van der Waals surface area (Å²) in [5, 5.41) is 8.41. The van der Waals surface area contributed by atoms with Crippen LogP contribution >= 0.6 is 0 Å². The van der Waals surface area contributed by atoms with Crippen molar-refractivity contribution in [2.75, 3.05) is 18.5 Å². The molecule has 2 aromatic carbocycles. The van der Waals surface area contributed by atoms with Gasteiger partial charge < -0.3 is 19.2 Å². The standard InChI is InChI=1S/C27H37N3O3Si/c1-9-31-20-13-11-12-19(16-20)28-26-22-14-18-15-23(32-10-2)24(33-34(7,8)27(3,4)5)17-21(18)25(22)30(6)29-26/h11-13,15-17H,9-10,14H2,1-8H3,(H,28,29). The topological polar surface area (TPSA) is 57.5 Å². The first kappa shape index (κ1) is 24.2. The number of hydrogen-bond acceptors (Lipinski definition) is 5. The van der Waals surface area contributed by atoms with E-state index in [9.17, 15) is 0 Å². The second kappa shape index (κ2) is 9.02. The fourth-order valence-corrected chi connectivity index (χ4v) is 5.09. The van der Waals surface area contributed by atoms with Gasteiger partial charge in [0, 0.05) is 36.3 Å². The normalized spacial score (nSPS) is 12.8. The van der Waals surface area contributed by atoms with Crippen LogP contribution in [0.15, 0.2) is 36.4 Å². The molecule has 0 radical (unpaired) electrons. The van der Waals surface area contributed by atoms with Gasteiger partial charge >= 0.3 is 0 Å². The first-order valence-electron chi connectivity index (χ1n) is 12.1. The Kier molecular flexibility index (Phi) is 6.42. The average Bonchev–Trinajstić information content (AvgIpc) is 3.25. The number of ether oxygens (including phenoxy) is 2. The van der Waals surface area contributed by atoms with Gasteiger partial charge in [-0.3, -0.25) is 4.68 Å². The maximum atomic E-state index is 6.72. The third kappa shape index (κ3) is 4.53. The number of nitrogens with zero attached hydrogens (tertiary/aromatic N) is 2. The van der Waals surface area contributed by atoms with Gasteiger partial charge in [-0.1, -0.05) is 26.8 Å². The summed E-state index contributed by atoms with van der Waals surface area (Å²) in [6.07, 6.45) is 0.798. The number of nitrogens with one attached hydrogen (secondary N) is 1. The third-order valence-electron chi connectivity index (χ3n) is 6.82. The van der Waals surface area contributed by atoms with E-state index in [2.05, 4.69) is 51.3 Å². The van der Waals surface area contributed by atoms with Crippen LogP contribution in [0.4, 0.5) is 11.5 Å². The van der Waals surface area contributed by atoms with E-state index >= 15 is 0 Å². The fraction of sp³-hybridized carbons (Fsp3) is 0.444. The van der Waals surface area contributed by atoms with E-state index in [-0.39, 0.29) is 5.04 Å². The molecule has 0 spiro atoms. The van der Waals surface area contributed by atoms with Gasteiger partial charge in [0.15, 0.2) is 11.6 Å². The number of hydrogen-bond donors (Lipinski definition) is 1. The molecule has 0 aliphatic heterocycles. The van der Waals surface area contributed by atoms with Crippen molar-refractivity contribution in [3.63, 3.8) is 0 Å². The van der Waals surface area contributed by atoms with E-state index in [0.717, 1.165) is 40.9 Å². The molecule has 0 amide bonds. The molecule has 1 N–H and O–H groups in total. The zero-order chi connectivity index (χ0) is 24.7. The summed E-state index contributed by atoms with van der Waals surface area (Å²) in [6.45, 7) is 16.5. The maximum absolute atomic E-state index is 6.72. The van der Waals surface area contributed by atoms with Crippen molar-refractivity contribution in [3.05, 3.63) is 47.5 Å². The Morgan fingerprint density at radius 1 is 1.03 bits per heavy atom. The van der Waals surface area contributed by atoms with Crippen molar-refractivity contribution in [2.24, 2.45) is 7.05 Å². The molecule has 1 aliphatic rings. The van der Waals surface area contributed by atoms with E-state index in [1.807, 2.05) is 49.8 Å². The van der Waals surface area contributed by atoms with Gasteiger partial charge in [-0.2, -0.15) is 5.10 Å². The molecule has 0 saturated heterocycles. The van der Waals surface area contributed by atoms with Crippen LogP contribution in [0.2, 0.25) is 18.1 Å². The Bertz CT molecular complexity index is 1190. The molecule has 0 fully saturated rings. The average molecular weight is 480 g/mol. The van der Waals surface area contributed by atoms with Gasteiger partial charge in [0.1, 0.15) is 11.5 Å². The molecule has 3 aromatic rings. The molecule has 6 nitrogen and oxygen atoms in total. The molecule has 7 heteroatoms. The number of benzene rings is 2. The summed E-state index contributed by atoms with van der Waals surface area (Å²) in [5.41, 5.74) is 5.67. The lowest BCUT2D eigenvalue weighted by Gasteiger charge is -2.37. The zero-order valence-corrected chi connectivity index (χ0v) is 22.7. The van der Waals surface area contributed by atoms with Gasteiger partial charge in [0.05, 0.1) is 18.9 Å². The smallest absolute Gasteiger partial charge is 0.250 e. The van der Waals surface area contributed by atoms with Crippen molar-refractivity contribution in [1.29, 1.82) is 0 Å². The minimum atomic E-state index is -2.03. The first-order chi connectivity index (χ1) is 16.0. The fourth-order valence-electron chi connectivity index (χ4n) is 4.07. The van der Waals surface area contributed by atoms with E-state index < -0.39 is 8.32 Å². The molecule has 34 heavy (non-hydrogen) atoms. The van der Waals surface area contributed by atoms with Crippen LogP contribution in [0, 0.1) is 0 Å². The SMILES string of the molecule is CCOc1cccc(Nc2nn(C)c3c2Cc2cc(OCC)c(O[Si](C)(C)C(C)(C)C)cc2-3)c1. The number of rotatable bonds is 8. The van der Waals surface area contributed by atoms with Gasteiger partial charge in [0.2, 0.25) is 0 Å². The van der Waals surface area contributed by atoms with Crippen LogP contribution in [0.5, 0.6) is 17.2 Å². The Balaban J connectivity index is 1.71. The van der Waals surface area contributed by atoms with Crippen molar-refractivity contribution < 1.29 is 13.9 Å². The van der Waals surface area contributed by atoms with E-state index in [1.54, 1.807) is 0 Å².